The van der Waals surface area contributed by atoms with E-state index in [1.54, 1.807) is 37.8 Å². The molecule has 4 rings (SSSR count). The highest BCUT2D eigenvalue weighted by Crippen LogP contribution is 2.36. The van der Waals surface area contributed by atoms with E-state index in [2.05, 4.69) is 11.4 Å². The summed E-state index contributed by atoms with van der Waals surface area (Å²) in [6, 6.07) is 5.98. The van der Waals surface area contributed by atoms with Crippen molar-refractivity contribution in [3.05, 3.63) is 30.1 Å². The minimum atomic E-state index is -0.949. The predicted molar refractivity (Wildman–Crippen MR) is 121 cm³/mol. The number of rotatable bonds is 5. The molecule has 1 aromatic rings. The maximum Gasteiger partial charge on any atom is 0.408 e. The van der Waals surface area contributed by atoms with Crippen LogP contribution in [-0.4, -0.2) is 77.1 Å². The summed E-state index contributed by atoms with van der Waals surface area (Å²) in [6.45, 7) is 6.31. The Bertz CT molecular complexity index is 1000. The summed E-state index contributed by atoms with van der Waals surface area (Å²) in [6.07, 6.45) is 1.19. The molecule has 3 amide bonds. The second kappa shape index (κ2) is 9.22. The largest absolute Gasteiger partial charge is 0.444 e. The van der Waals surface area contributed by atoms with E-state index in [-0.39, 0.29) is 30.2 Å². The van der Waals surface area contributed by atoms with Crippen LogP contribution in [0.15, 0.2) is 24.3 Å². The van der Waals surface area contributed by atoms with Gasteiger partial charge in [0.25, 0.3) is 0 Å². The number of likely N-dealkylation sites (tertiary alicyclic amines) is 2. The van der Waals surface area contributed by atoms with E-state index in [1.807, 2.05) is 4.90 Å². The van der Waals surface area contributed by atoms with E-state index in [0.29, 0.717) is 31.6 Å². The summed E-state index contributed by atoms with van der Waals surface area (Å²) in [4.78, 5) is 44.1. The number of ether oxygens (including phenoxy) is 1. The monoisotopic (exact) mass is 471 g/mol. The Morgan fingerprint density at radius 3 is 2.62 bits per heavy atom. The van der Waals surface area contributed by atoms with E-state index < -0.39 is 29.8 Å². The predicted octanol–water partition coefficient (Wildman–Crippen LogP) is 2.02. The zero-order chi connectivity index (χ0) is 24.6. The number of halogens is 1. The van der Waals surface area contributed by atoms with Gasteiger partial charge in [0, 0.05) is 25.3 Å². The van der Waals surface area contributed by atoms with Crippen molar-refractivity contribution in [3.63, 3.8) is 0 Å². The van der Waals surface area contributed by atoms with E-state index in [0.717, 1.165) is 6.42 Å². The van der Waals surface area contributed by atoms with Gasteiger partial charge in [0.15, 0.2) is 0 Å². The molecule has 0 radical (unpaired) electrons. The van der Waals surface area contributed by atoms with Gasteiger partial charge in [0.2, 0.25) is 11.8 Å². The highest BCUT2D eigenvalue weighted by Gasteiger charge is 2.51. The van der Waals surface area contributed by atoms with Crippen LogP contribution in [-0.2, 0) is 14.3 Å². The zero-order valence-corrected chi connectivity index (χ0v) is 19.7. The standard InChI is InChI=1S/C24H30FN5O4/c1-24(2,3)34-23(33)27-19(21(31)29-10-4-5-17(29)12-26)14-28-13-18-11-20(28)22(32)30(18)16-8-6-15(25)7-9-16/h6-9,17-20H,4-5,10-11,13-14H2,1-3H3,(H,27,33)/t17?,18-,19?,20?/m0/s1. The molecule has 0 spiro atoms. The molecule has 3 saturated heterocycles. The molecule has 4 atom stereocenters. The van der Waals surface area contributed by atoms with Crippen LogP contribution in [0.25, 0.3) is 0 Å². The van der Waals surface area contributed by atoms with E-state index in [1.165, 1.54) is 17.0 Å². The number of hydrogen-bond donors (Lipinski definition) is 1. The van der Waals surface area contributed by atoms with E-state index in [4.69, 9.17) is 4.74 Å². The van der Waals surface area contributed by atoms with Crippen LogP contribution in [0.1, 0.15) is 40.0 Å². The SMILES string of the molecule is CC(C)(C)OC(=O)NC(CN1C[C@@H]2CC1C(=O)N2c1ccc(F)cc1)C(=O)N1CCCC1C#N. The Hall–Kier alpha value is -3.19. The average molecular weight is 472 g/mol. The molecule has 0 aromatic heterocycles. The molecule has 1 N–H and O–H groups in total. The summed E-state index contributed by atoms with van der Waals surface area (Å²) in [7, 11) is 0. The van der Waals surface area contributed by atoms with Crippen molar-refractivity contribution in [3.8, 4) is 6.07 Å². The third-order valence-corrected chi connectivity index (χ3v) is 6.46. The smallest absolute Gasteiger partial charge is 0.408 e. The number of amides is 3. The lowest BCUT2D eigenvalue weighted by Gasteiger charge is -2.36. The van der Waals surface area contributed by atoms with Gasteiger partial charge in [-0.2, -0.15) is 5.26 Å². The second-order valence-electron chi connectivity index (χ2n) is 10.1. The first-order chi connectivity index (χ1) is 16.1. The van der Waals surface area contributed by atoms with Gasteiger partial charge in [-0.15, -0.1) is 0 Å². The molecule has 3 unspecified atom stereocenters. The maximum atomic E-state index is 13.4. The maximum absolute atomic E-state index is 13.4. The van der Waals surface area contributed by atoms with Crippen molar-refractivity contribution in [1.29, 1.82) is 5.26 Å². The molecule has 10 heteroatoms. The van der Waals surface area contributed by atoms with Gasteiger partial charge < -0.3 is 19.9 Å². The first-order valence-corrected chi connectivity index (χ1v) is 11.6. The fraction of sp³-hybridized carbons (Fsp3) is 0.583. The normalized spacial score (nSPS) is 25.4. The van der Waals surface area contributed by atoms with Gasteiger partial charge in [0.05, 0.1) is 18.2 Å². The van der Waals surface area contributed by atoms with Crippen molar-refractivity contribution in [2.75, 3.05) is 24.5 Å². The van der Waals surface area contributed by atoms with Gasteiger partial charge in [0.1, 0.15) is 23.5 Å². The van der Waals surface area contributed by atoms with Crippen LogP contribution in [0.3, 0.4) is 0 Å². The van der Waals surface area contributed by atoms with Crippen LogP contribution in [0.4, 0.5) is 14.9 Å². The molecule has 9 nitrogen and oxygen atoms in total. The van der Waals surface area contributed by atoms with Crippen molar-refractivity contribution in [1.82, 2.24) is 15.1 Å². The van der Waals surface area contributed by atoms with E-state index >= 15 is 0 Å². The highest BCUT2D eigenvalue weighted by atomic mass is 19.1. The number of anilines is 1. The molecule has 3 aliphatic rings. The molecule has 3 heterocycles. The third kappa shape index (κ3) is 4.85. The number of carbonyl (C=O) groups is 3. The molecule has 34 heavy (non-hydrogen) atoms. The van der Waals surface area contributed by atoms with Crippen molar-refractivity contribution < 1.29 is 23.5 Å². The number of carbonyl (C=O) groups excluding carboxylic acids is 3. The summed E-state index contributed by atoms with van der Waals surface area (Å²) >= 11 is 0. The van der Waals surface area contributed by atoms with Crippen molar-refractivity contribution in [2.24, 2.45) is 0 Å². The Balaban J connectivity index is 1.49. The molecule has 1 aromatic carbocycles. The van der Waals surface area contributed by atoms with Crippen LogP contribution < -0.4 is 10.2 Å². The fourth-order valence-electron chi connectivity index (χ4n) is 5.04. The number of piperazine rings is 1. The number of fused-ring (bicyclic) bond motifs is 2. The molecule has 0 aliphatic carbocycles. The molecule has 3 aliphatic heterocycles. The minimum Gasteiger partial charge on any atom is -0.444 e. The molecule has 182 valence electrons. The Morgan fingerprint density at radius 2 is 2.00 bits per heavy atom. The Labute approximate surface area is 198 Å². The molecular weight excluding hydrogens is 441 g/mol. The van der Waals surface area contributed by atoms with Gasteiger partial charge in [-0.05, 0) is 64.3 Å². The van der Waals surface area contributed by atoms with Crippen LogP contribution in [0.5, 0.6) is 0 Å². The van der Waals surface area contributed by atoms with Crippen LogP contribution >= 0.6 is 0 Å². The first-order valence-electron chi connectivity index (χ1n) is 11.6. The minimum absolute atomic E-state index is 0.0983. The second-order valence-corrected chi connectivity index (χ2v) is 10.1. The van der Waals surface area contributed by atoms with Crippen molar-refractivity contribution >= 4 is 23.6 Å². The first kappa shape index (κ1) is 24.0. The molecular formula is C24H30FN5O4. The lowest BCUT2D eigenvalue weighted by molar-refractivity contribution is -0.135. The number of alkyl carbamates (subject to hydrolysis) is 1. The van der Waals surface area contributed by atoms with Crippen LogP contribution in [0, 0.1) is 17.1 Å². The van der Waals surface area contributed by atoms with Crippen LogP contribution in [0.2, 0.25) is 0 Å². The lowest BCUT2D eigenvalue weighted by Crippen LogP contribution is -2.59. The Kier molecular flexibility index (Phi) is 6.49. The number of nitrogens with zero attached hydrogens (tertiary/aromatic N) is 4. The Morgan fingerprint density at radius 1 is 1.29 bits per heavy atom. The van der Waals surface area contributed by atoms with E-state index in [9.17, 15) is 24.0 Å². The summed E-state index contributed by atoms with van der Waals surface area (Å²) in [5.74, 6) is -0.822. The number of hydrogen-bond acceptors (Lipinski definition) is 6. The molecule has 0 saturated carbocycles. The van der Waals surface area contributed by atoms with Crippen molar-refractivity contribution in [2.45, 2.75) is 69.8 Å². The average Bonchev–Trinajstić information content (AvgIpc) is 3.46. The summed E-state index contributed by atoms with van der Waals surface area (Å²) in [5.41, 5.74) is -0.0919. The quantitative estimate of drug-likeness (QED) is 0.704. The van der Waals surface area contributed by atoms with Gasteiger partial charge in [-0.1, -0.05) is 0 Å². The summed E-state index contributed by atoms with van der Waals surface area (Å²) < 4.78 is 18.7. The van der Waals surface area contributed by atoms with Gasteiger partial charge in [-0.25, -0.2) is 9.18 Å². The molecule has 3 fully saturated rings. The van der Waals surface area contributed by atoms with Gasteiger partial charge in [-0.3, -0.25) is 14.5 Å². The number of nitriles is 1. The third-order valence-electron chi connectivity index (χ3n) is 6.46. The van der Waals surface area contributed by atoms with Gasteiger partial charge >= 0.3 is 6.09 Å². The summed E-state index contributed by atoms with van der Waals surface area (Å²) in [5, 5.41) is 12.1. The number of nitrogens with one attached hydrogen (secondary N) is 1. The lowest BCUT2D eigenvalue weighted by atomic mass is 10.1. The number of benzene rings is 1. The highest BCUT2D eigenvalue weighted by molar-refractivity contribution is 6.01. The fourth-order valence-corrected chi connectivity index (χ4v) is 5.04. The molecule has 2 bridgehead atoms. The topological polar surface area (TPSA) is 106 Å². The zero-order valence-electron chi connectivity index (χ0n) is 19.7.